The summed E-state index contributed by atoms with van der Waals surface area (Å²) in [7, 11) is 0. The van der Waals surface area contributed by atoms with Gasteiger partial charge in [-0.25, -0.2) is 4.98 Å². The van der Waals surface area contributed by atoms with Crippen LogP contribution in [0, 0.1) is 11.7 Å². The smallest absolute Gasteiger partial charge is 0.269 e. The number of aromatic nitrogens is 4. The van der Waals surface area contributed by atoms with Crippen molar-refractivity contribution in [2.24, 2.45) is 5.41 Å². The average molecular weight is 889 g/mol. The molecular formula is C62H60N4O. The molecule has 0 spiro atoms. The molecule has 10 aromatic rings. The van der Waals surface area contributed by atoms with Gasteiger partial charge in [0.25, 0.3) is 6.33 Å². The van der Waals surface area contributed by atoms with Crippen molar-refractivity contribution in [3.63, 3.8) is 0 Å². The van der Waals surface area contributed by atoms with E-state index in [1.165, 1.54) is 0 Å². The minimum atomic E-state index is -1.11. The quantitative estimate of drug-likeness (QED) is 0.113. The summed E-state index contributed by atoms with van der Waals surface area (Å²) in [5.41, 5.74) is 6.67. The zero-order valence-electron chi connectivity index (χ0n) is 51.6. The van der Waals surface area contributed by atoms with Crippen LogP contribution in [0.15, 0.2) is 176 Å². The number of imidazole rings is 1. The van der Waals surface area contributed by atoms with E-state index in [9.17, 15) is 6.85 Å². The highest BCUT2D eigenvalue weighted by Crippen LogP contribution is 2.41. The van der Waals surface area contributed by atoms with E-state index in [4.69, 9.17) is 14.3 Å². The summed E-state index contributed by atoms with van der Waals surface area (Å²) in [4.78, 5) is 4.68. The Morgan fingerprint density at radius 2 is 1.28 bits per heavy atom. The van der Waals surface area contributed by atoms with Gasteiger partial charge in [-0.2, -0.15) is 0 Å². The third kappa shape index (κ3) is 8.22. The van der Waals surface area contributed by atoms with Crippen LogP contribution in [0.25, 0.3) is 72.3 Å². The van der Waals surface area contributed by atoms with Gasteiger partial charge in [-0.3, -0.25) is 13.7 Å². The zero-order valence-corrected chi connectivity index (χ0v) is 39.6. The summed E-state index contributed by atoms with van der Waals surface area (Å²) in [6.07, 6.45) is 5.16. The molecule has 5 heteroatoms. The summed E-state index contributed by atoms with van der Waals surface area (Å²) in [5.74, 6) is -0.612. The highest BCUT2D eigenvalue weighted by atomic mass is 16.5. The normalized spacial score (nSPS) is 15.9. The lowest BCUT2D eigenvalue weighted by atomic mass is 9.78. The summed E-state index contributed by atoms with van der Waals surface area (Å²) in [6, 6.07) is 27.5. The number of benzene rings is 7. The van der Waals surface area contributed by atoms with E-state index in [0.29, 0.717) is 33.5 Å². The Morgan fingerprint density at radius 1 is 0.612 bits per heavy atom. The van der Waals surface area contributed by atoms with Gasteiger partial charge in [-0.05, 0) is 110 Å². The van der Waals surface area contributed by atoms with E-state index in [0.717, 1.165) is 22.3 Å². The number of rotatable bonds is 8. The average Bonchev–Trinajstić information content (AvgIpc) is 4.22. The first-order valence-electron chi connectivity index (χ1n) is 28.6. The number of fused-ring (bicyclic) bond motifs is 4. The fourth-order valence-corrected chi connectivity index (χ4v) is 8.55. The SMILES string of the molecule is [2H]c1c([2H])c([2H])c(-c2cccc(-c3cc(C(C)(C)C)cc(C(C)(C)C)c3)c2-[n+]2[c-]n(-c3cccc(Oc4cc5c(c([2H])c4[2H])c4c([2H])c([2H])c([2H])c([2H])c4n5-c4cc(C([2H])(C)C(C)(C)C)ccn4)c3)c3ccccc32)c([2H])c1[2H]. The summed E-state index contributed by atoms with van der Waals surface area (Å²) in [5, 5.41) is 0.173. The number of ether oxygens (including phenoxy) is 1. The molecule has 3 aromatic heterocycles. The fraction of sp³-hybridized carbons (Fsp3) is 0.226. The van der Waals surface area contributed by atoms with Gasteiger partial charge in [0.05, 0.1) is 48.5 Å². The maximum absolute atomic E-state index is 9.47. The van der Waals surface area contributed by atoms with Crippen LogP contribution in [-0.4, -0.2) is 14.1 Å². The van der Waals surface area contributed by atoms with Crippen molar-refractivity contribution in [3.05, 3.63) is 199 Å². The van der Waals surface area contributed by atoms with E-state index < -0.39 is 41.5 Å². The van der Waals surface area contributed by atoms with Crippen LogP contribution < -0.4 is 9.30 Å². The number of hydrogen-bond donors (Lipinski definition) is 0. The maximum atomic E-state index is 9.47. The highest BCUT2D eigenvalue weighted by molar-refractivity contribution is 6.09. The molecule has 0 saturated carbocycles. The van der Waals surface area contributed by atoms with E-state index in [1.807, 2.05) is 79.3 Å². The lowest BCUT2D eigenvalue weighted by Gasteiger charge is -2.27. The zero-order chi connectivity index (χ0) is 57.3. The molecule has 0 aliphatic rings. The van der Waals surface area contributed by atoms with Gasteiger partial charge in [0, 0.05) is 24.4 Å². The molecule has 0 radical (unpaired) electrons. The molecular weight excluding hydrogens is 817 g/mol. The van der Waals surface area contributed by atoms with E-state index in [2.05, 4.69) is 71.1 Å². The molecule has 7 aromatic carbocycles. The van der Waals surface area contributed by atoms with Crippen LogP contribution in [0.1, 0.15) is 108 Å². The van der Waals surface area contributed by atoms with Crippen LogP contribution in [0.2, 0.25) is 0 Å². The van der Waals surface area contributed by atoms with E-state index in [1.54, 1.807) is 53.2 Å². The molecule has 3 heterocycles. The molecule has 334 valence electrons. The first kappa shape index (κ1) is 31.6. The Labute approximate surface area is 412 Å². The second-order valence-corrected chi connectivity index (χ2v) is 20.2. The first-order valence-corrected chi connectivity index (χ1v) is 22.6. The van der Waals surface area contributed by atoms with Crippen molar-refractivity contribution in [2.45, 2.75) is 86.0 Å². The monoisotopic (exact) mass is 889 g/mol. The highest BCUT2D eigenvalue weighted by Gasteiger charge is 2.26. The topological polar surface area (TPSA) is 35.9 Å². The van der Waals surface area contributed by atoms with E-state index >= 15 is 0 Å². The molecule has 0 bridgehead atoms. The third-order valence-electron chi connectivity index (χ3n) is 12.6. The first-order chi connectivity index (χ1) is 36.9. The Balaban J connectivity index is 1.18. The molecule has 67 heavy (non-hydrogen) atoms. The molecule has 0 saturated heterocycles. The van der Waals surface area contributed by atoms with Crippen molar-refractivity contribution in [1.29, 1.82) is 0 Å². The van der Waals surface area contributed by atoms with E-state index in [-0.39, 0.29) is 91.8 Å². The van der Waals surface area contributed by atoms with Crippen LogP contribution in [0.5, 0.6) is 11.5 Å². The molecule has 0 fully saturated rings. The lowest BCUT2D eigenvalue weighted by Crippen LogP contribution is -2.31. The standard InChI is InChI=1S/C62H60N4O/c1-41(60(2,3)4)43-32-33-63-58(36-43)66-54-27-15-14-24-52(54)53-31-30-49(39-57(53)66)67-48-23-18-22-47(38-48)64-40-65(56-29-17-16-28-55(56)64)59-50(42-20-12-11-13-21-42)25-19-26-51(59)44-34-45(61(5,6)7)37-46(35-44)62(8,9)10/h11-39,41H,1-10H3/i11D,12D,13D,14D,15D,20D,21D,24D,27D,30D,31D,41D. The van der Waals surface area contributed by atoms with Crippen molar-refractivity contribution in [1.82, 2.24) is 14.1 Å². The summed E-state index contributed by atoms with van der Waals surface area (Å²) in [6.45, 7) is 20.7. The van der Waals surface area contributed by atoms with Gasteiger partial charge in [-0.1, -0.05) is 184 Å². The lowest BCUT2D eigenvalue weighted by molar-refractivity contribution is -0.571. The van der Waals surface area contributed by atoms with Gasteiger partial charge in [-0.15, -0.1) is 0 Å². The largest absolute Gasteiger partial charge is 0.458 e. The van der Waals surface area contributed by atoms with Crippen LogP contribution in [0.3, 0.4) is 0 Å². The number of pyridine rings is 1. The molecule has 5 nitrogen and oxygen atoms in total. The number of para-hydroxylation sites is 4. The Bertz CT molecular complexity index is 4120. The Kier molecular flexibility index (Phi) is 7.83. The van der Waals surface area contributed by atoms with Crippen LogP contribution in [-0.2, 0) is 10.8 Å². The number of nitrogens with zero attached hydrogens (tertiary/aromatic N) is 4. The molecule has 1 atom stereocenters. The van der Waals surface area contributed by atoms with Gasteiger partial charge in [0.2, 0.25) is 0 Å². The van der Waals surface area contributed by atoms with Gasteiger partial charge >= 0.3 is 0 Å². The van der Waals surface area contributed by atoms with Crippen molar-refractivity contribution < 1.29 is 25.8 Å². The second kappa shape index (κ2) is 16.6. The predicted molar refractivity (Wildman–Crippen MR) is 278 cm³/mol. The summed E-state index contributed by atoms with van der Waals surface area (Å²) < 4.78 is 120. The molecule has 0 amide bonds. The Hall–Kier alpha value is -7.24. The second-order valence-electron chi connectivity index (χ2n) is 20.2. The molecule has 1 unspecified atom stereocenters. The van der Waals surface area contributed by atoms with Crippen LogP contribution in [0.4, 0.5) is 0 Å². The van der Waals surface area contributed by atoms with Crippen molar-refractivity contribution in [2.75, 3.05) is 0 Å². The minimum absolute atomic E-state index is 0.0363. The molecule has 10 rings (SSSR count). The minimum Gasteiger partial charge on any atom is -0.458 e. The molecule has 0 aliphatic carbocycles. The third-order valence-corrected chi connectivity index (χ3v) is 12.6. The maximum Gasteiger partial charge on any atom is 0.269 e. The van der Waals surface area contributed by atoms with Crippen molar-refractivity contribution >= 4 is 32.8 Å². The Morgan fingerprint density at radius 3 is 2.01 bits per heavy atom. The fourth-order valence-electron chi connectivity index (χ4n) is 8.55. The predicted octanol–water partition coefficient (Wildman–Crippen LogP) is 16.1. The van der Waals surface area contributed by atoms with Gasteiger partial charge < -0.3 is 4.74 Å². The molecule has 0 N–H and O–H groups in total. The van der Waals surface area contributed by atoms with Gasteiger partial charge in [0.15, 0.2) is 0 Å². The van der Waals surface area contributed by atoms with Gasteiger partial charge in [0.1, 0.15) is 17.3 Å². The number of hydrogen-bond acceptors (Lipinski definition) is 2. The van der Waals surface area contributed by atoms with Crippen molar-refractivity contribution in [3.8, 4) is 50.9 Å². The van der Waals surface area contributed by atoms with Crippen LogP contribution >= 0.6 is 0 Å². The summed E-state index contributed by atoms with van der Waals surface area (Å²) >= 11 is 0. The molecule has 0 aliphatic heterocycles.